The van der Waals surface area contributed by atoms with Crippen molar-refractivity contribution in [3.05, 3.63) is 17.5 Å². The van der Waals surface area contributed by atoms with Gasteiger partial charge in [0.1, 0.15) is 5.56 Å². The molecule has 0 radical (unpaired) electrons. The van der Waals surface area contributed by atoms with Crippen LogP contribution in [0.4, 0.5) is 0 Å². The first-order chi connectivity index (χ1) is 8.61. The van der Waals surface area contributed by atoms with Crippen molar-refractivity contribution >= 4 is 5.97 Å². The number of aryl methyl sites for hydroxylation is 1. The standard InChI is InChI=1S/C13H21N3O2/c1-4-18-13(17)12-9-16(14-10(12)2)11-5-7-15(3)8-6-11/h9,11H,4-8H2,1-3H3. The largest absolute Gasteiger partial charge is 0.462 e. The van der Waals surface area contributed by atoms with E-state index in [4.69, 9.17) is 4.74 Å². The summed E-state index contributed by atoms with van der Waals surface area (Å²) in [5.74, 6) is -0.269. The second kappa shape index (κ2) is 5.52. The molecule has 2 heterocycles. The number of piperidine rings is 1. The molecule has 0 amide bonds. The van der Waals surface area contributed by atoms with E-state index in [0.717, 1.165) is 31.6 Å². The molecule has 1 saturated heterocycles. The molecule has 1 aromatic heterocycles. The number of nitrogens with zero attached hydrogens (tertiary/aromatic N) is 3. The molecule has 5 nitrogen and oxygen atoms in total. The molecule has 1 aromatic rings. The van der Waals surface area contributed by atoms with Crippen molar-refractivity contribution in [1.82, 2.24) is 14.7 Å². The molecule has 2 rings (SSSR count). The van der Waals surface area contributed by atoms with Crippen LogP contribution in [0.1, 0.15) is 41.9 Å². The first-order valence-electron chi connectivity index (χ1n) is 6.53. The Morgan fingerprint density at radius 1 is 1.50 bits per heavy atom. The van der Waals surface area contributed by atoms with Crippen LogP contribution in [-0.2, 0) is 4.74 Å². The van der Waals surface area contributed by atoms with Crippen molar-refractivity contribution < 1.29 is 9.53 Å². The summed E-state index contributed by atoms with van der Waals surface area (Å²) in [4.78, 5) is 14.0. The molecule has 0 unspecified atom stereocenters. The zero-order chi connectivity index (χ0) is 13.1. The SMILES string of the molecule is CCOC(=O)c1cn(C2CCN(C)CC2)nc1C. The average molecular weight is 251 g/mol. The number of aromatic nitrogens is 2. The van der Waals surface area contributed by atoms with E-state index in [2.05, 4.69) is 17.0 Å². The van der Waals surface area contributed by atoms with Gasteiger partial charge in [-0.05, 0) is 46.8 Å². The lowest BCUT2D eigenvalue weighted by molar-refractivity contribution is 0.0525. The van der Waals surface area contributed by atoms with Crippen LogP contribution in [0.3, 0.4) is 0 Å². The molecule has 1 aliphatic rings. The lowest BCUT2D eigenvalue weighted by Gasteiger charge is -2.28. The minimum absolute atomic E-state index is 0.269. The highest BCUT2D eigenvalue weighted by Gasteiger charge is 2.22. The van der Waals surface area contributed by atoms with Crippen LogP contribution in [-0.4, -0.2) is 47.4 Å². The number of ether oxygens (including phenoxy) is 1. The summed E-state index contributed by atoms with van der Waals surface area (Å²) in [7, 11) is 2.13. The predicted octanol–water partition coefficient (Wildman–Crippen LogP) is 1.63. The summed E-state index contributed by atoms with van der Waals surface area (Å²) in [6.07, 6.45) is 4.00. The Morgan fingerprint density at radius 3 is 2.78 bits per heavy atom. The molecule has 18 heavy (non-hydrogen) atoms. The van der Waals surface area contributed by atoms with Gasteiger partial charge in [0.05, 0.1) is 18.3 Å². The van der Waals surface area contributed by atoms with Gasteiger partial charge in [0.25, 0.3) is 0 Å². The number of hydrogen-bond donors (Lipinski definition) is 0. The van der Waals surface area contributed by atoms with E-state index in [9.17, 15) is 4.79 Å². The highest BCUT2D eigenvalue weighted by atomic mass is 16.5. The summed E-state index contributed by atoms with van der Waals surface area (Å²) in [6.45, 7) is 6.24. The zero-order valence-electron chi connectivity index (χ0n) is 11.3. The summed E-state index contributed by atoms with van der Waals surface area (Å²) in [5, 5.41) is 4.46. The zero-order valence-corrected chi connectivity index (χ0v) is 11.3. The van der Waals surface area contributed by atoms with Crippen molar-refractivity contribution in [2.75, 3.05) is 26.7 Å². The molecular weight excluding hydrogens is 230 g/mol. The van der Waals surface area contributed by atoms with Gasteiger partial charge in [-0.1, -0.05) is 0 Å². The van der Waals surface area contributed by atoms with E-state index in [1.807, 2.05) is 24.7 Å². The Morgan fingerprint density at radius 2 is 2.17 bits per heavy atom. The molecule has 0 N–H and O–H groups in total. The third-order valence-corrected chi connectivity index (χ3v) is 3.47. The van der Waals surface area contributed by atoms with E-state index >= 15 is 0 Å². The molecule has 1 aliphatic heterocycles. The Bertz CT molecular complexity index is 420. The molecule has 0 aromatic carbocycles. The minimum atomic E-state index is -0.269. The Hall–Kier alpha value is -1.36. The van der Waals surface area contributed by atoms with E-state index in [-0.39, 0.29) is 5.97 Å². The van der Waals surface area contributed by atoms with Gasteiger partial charge in [-0.2, -0.15) is 5.10 Å². The molecule has 1 fully saturated rings. The smallest absolute Gasteiger partial charge is 0.341 e. The van der Waals surface area contributed by atoms with Crippen LogP contribution < -0.4 is 0 Å². The van der Waals surface area contributed by atoms with Crippen LogP contribution >= 0.6 is 0 Å². The number of rotatable bonds is 3. The lowest BCUT2D eigenvalue weighted by Crippen LogP contribution is -2.31. The van der Waals surface area contributed by atoms with Crippen molar-refractivity contribution in [3.63, 3.8) is 0 Å². The van der Waals surface area contributed by atoms with Gasteiger partial charge in [-0.15, -0.1) is 0 Å². The number of carbonyl (C=O) groups is 1. The van der Waals surface area contributed by atoms with Gasteiger partial charge >= 0.3 is 5.97 Å². The van der Waals surface area contributed by atoms with Crippen LogP contribution in [0.25, 0.3) is 0 Å². The maximum Gasteiger partial charge on any atom is 0.341 e. The van der Waals surface area contributed by atoms with Crippen LogP contribution in [0.2, 0.25) is 0 Å². The summed E-state index contributed by atoms with van der Waals surface area (Å²) in [5.41, 5.74) is 1.35. The molecule has 100 valence electrons. The van der Waals surface area contributed by atoms with Crippen LogP contribution in [0, 0.1) is 6.92 Å². The van der Waals surface area contributed by atoms with Crippen molar-refractivity contribution in [2.24, 2.45) is 0 Å². The van der Waals surface area contributed by atoms with E-state index in [1.165, 1.54) is 0 Å². The minimum Gasteiger partial charge on any atom is -0.462 e. The summed E-state index contributed by atoms with van der Waals surface area (Å²) < 4.78 is 6.97. The predicted molar refractivity (Wildman–Crippen MR) is 68.7 cm³/mol. The van der Waals surface area contributed by atoms with Gasteiger partial charge in [0.2, 0.25) is 0 Å². The lowest BCUT2D eigenvalue weighted by atomic mass is 10.1. The highest BCUT2D eigenvalue weighted by molar-refractivity contribution is 5.90. The third kappa shape index (κ3) is 2.72. The Labute approximate surface area is 108 Å². The van der Waals surface area contributed by atoms with Crippen LogP contribution in [0.15, 0.2) is 6.20 Å². The molecule has 0 aliphatic carbocycles. The Kier molecular flexibility index (Phi) is 4.01. The normalized spacial score (nSPS) is 17.9. The van der Waals surface area contributed by atoms with Crippen molar-refractivity contribution in [3.8, 4) is 0 Å². The van der Waals surface area contributed by atoms with Gasteiger partial charge < -0.3 is 9.64 Å². The maximum absolute atomic E-state index is 11.7. The van der Waals surface area contributed by atoms with Gasteiger partial charge in [-0.25, -0.2) is 4.79 Å². The molecule has 5 heteroatoms. The van der Waals surface area contributed by atoms with E-state index in [1.54, 1.807) is 0 Å². The molecule has 0 atom stereocenters. The fourth-order valence-corrected chi connectivity index (χ4v) is 2.34. The van der Waals surface area contributed by atoms with Gasteiger partial charge in [-0.3, -0.25) is 4.68 Å². The fourth-order valence-electron chi connectivity index (χ4n) is 2.34. The number of likely N-dealkylation sites (tertiary alicyclic amines) is 1. The second-order valence-electron chi connectivity index (χ2n) is 4.86. The van der Waals surface area contributed by atoms with E-state index in [0.29, 0.717) is 18.2 Å². The first-order valence-corrected chi connectivity index (χ1v) is 6.53. The maximum atomic E-state index is 11.7. The van der Waals surface area contributed by atoms with Crippen molar-refractivity contribution in [2.45, 2.75) is 32.7 Å². The Balaban J connectivity index is 2.11. The highest BCUT2D eigenvalue weighted by Crippen LogP contribution is 2.22. The number of esters is 1. The van der Waals surface area contributed by atoms with Crippen molar-refractivity contribution in [1.29, 1.82) is 0 Å². The summed E-state index contributed by atoms with van der Waals surface area (Å²) in [6, 6.07) is 0.406. The van der Waals surface area contributed by atoms with Gasteiger partial charge in [0.15, 0.2) is 0 Å². The third-order valence-electron chi connectivity index (χ3n) is 3.47. The number of hydrogen-bond acceptors (Lipinski definition) is 4. The van der Waals surface area contributed by atoms with Crippen LogP contribution in [0.5, 0.6) is 0 Å². The fraction of sp³-hybridized carbons (Fsp3) is 0.692. The monoisotopic (exact) mass is 251 g/mol. The summed E-state index contributed by atoms with van der Waals surface area (Å²) >= 11 is 0. The average Bonchev–Trinajstić information content (AvgIpc) is 2.72. The van der Waals surface area contributed by atoms with E-state index < -0.39 is 0 Å². The molecule has 0 bridgehead atoms. The molecular formula is C13H21N3O2. The second-order valence-corrected chi connectivity index (χ2v) is 4.86. The first kappa shape index (κ1) is 13.1. The molecule has 0 spiro atoms. The molecule has 0 saturated carbocycles. The topological polar surface area (TPSA) is 47.4 Å². The number of carbonyl (C=O) groups excluding carboxylic acids is 1. The van der Waals surface area contributed by atoms with Gasteiger partial charge in [0, 0.05) is 6.20 Å². The quantitative estimate of drug-likeness (QED) is 0.766.